The third kappa shape index (κ3) is 3.70. The standard InChI is InChI=1S/C14H21NO2/c1-11(2)13-3-4-14(15-9-13)17-10-12-5-7-16-8-6-12/h3-4,9,11-12H,5-8,10H2,1-2H3. The lowest BCUT2D eigenvalue weighted by atomic mass is 10.0. The molecule has 0 bridgehead atoms. The van der Waals surface area contributed by atoms with Crippen LogP contribution in [0.15, 0.2) is 18.3 Å². The molecule has 0 saturated carbocycles. The van der Waals surface area contributed by atoms with Crippen molar-refractivity contribution in [2.75, 3.05) is 19.8 Å². The Morgan fingerprint density at radius 2 is 2.12 bits per heavy atom. The molecule has 2 rings (SSSR count). The zero-order valence-electron chi connectivity index (χ0n) is 10.7. The summed E-state index contributed by atoms with van der Waals surface area (Å²) in [6, 6.07) is 4.06. The van der Waals surface area contributed by atoms with Crippen LogP contribution in [0.4, 0.5) is 0 Å². The van der Waals surface area contributed by atoms with Crippen molar-refractivity contribution in [3.05, 3.63) is 23.9 Å². The monoisotopic (exact) mass is 235 g/mol. The van der Waals surface area contributed by atoms with Gasteiger partial charge in [-0.1, -0.05) is 19.9 Å². The van der Waals surface area contributed by atoms with E-state index in [0.717, 1.165) is 38.5 Å². The fraction of sp³-hybridized carbons (Fsp3) is 0.643. The molecule has 1 aliphatic rings. The number of pyridine rings is 1. The topological polar surface area (TPSA) is 31.4 Å². The Kier molecular flexibility index (Phi) is 4.37. The van der Waals surface area contributed by atoms with Crippen molar-refractivity contribution in [1.29, 1.82) is 0 Å². The third-order valence-corrected chi connectivity index (χ3v) is 3.23. The van der Waals surface area contributed by atoms with Gasteiger partial charge in [-0.05, 0) is 30.2 Å². The van der Waals surface area contributed by atoms with Crippen molar-refractivity contribution in [1.82, 2.24) is 4.98 Å². The molecule has 1 aromatic rings. The summed E-state index contributed by atoms with van der Waals surface area (Å²) in [6.45, 7) is 6.83. The minimum atomic E-state index is 0.520. The Hall–Kier alpha value is -1.09. The van der Waals surface area contributed by atoms with Gasteiger partial charge in [0.15, 0.2) is 0 Å². The second kappa shape index (κ2) is 6.01. The number of rotatable bonds is 4. The molecule has 0 aliphatic carbocycles. The van der Waals surface area contributed by atoms with Gasteiger partial charge < -0.3 is 9.47 Å². The molecule has 94 valence electrons. The SMILES string of the molecule is CC(C)c1ccc(OCC2CCOCC2)nc1. The van der Waals surface area contributed by atoms with Crippen LogP contribution in [0.1, 0.15) is 38.2 Å². The van der Waals surface area contributed by atoms with Crippen molar-refractivity contribution in [2.24, 2.45) is 5.92 Å². The van der Waals surface area contributed by atoms with Gasteiger partial charge in [0, 0.05) is 25.5 Å². The van der Waals surface area contributed by atoms with Gasteiger partial charge in [-0.3, -0.25) is 0 Å². The molecular weight excluding hydrogens is 214 g/mol. The zero-order valence-corrected chi connectivity index (χ0v) is 10.7. The largest absolute Gasteiger partial charge is 0.477 e. The first kappa shape index (κ1) is 12.4. The summed E-state index contributed by atoms with van der Waals surface area (Å²) in [4.78, 5) is 4.33. The summed E-state index contributed by atoms with van der Waals surface area (Å²) in [5.74, 6) is 1.88. The molecule has 0 unspecified atom stereocenters. The minimum Gasteiger partial charge on any atom is -0.477 e. The van der Waals surface area contributed by atoms with Gasteiger partial charge in [-0.2, -0.15) is 0 Å². The van der Waals surface area contributed by atoms with E-state index >= 15 is 0 Å². The Balaban J connectivity index is 1.82. The van der Waals surface area contributed by atoms with Gasteiger partial charge >= 0.3 is 0 Å². The van der Waals surface area contributed by atoms with Crippen molar-refractivity contribution in [3.63, 3.8) is 0 Å². The second-order valence-electron chi connectivity index (χ2n) is 4.95. The van der Waals surface area contributed by atoms with Crippen LogP contribution in [0.5, 0.6) is 5.88 Å². The van der Waals surface area contributed by atoms with Gasteiger partial charge in [0.1, 0.15) is 0 Å². The Bertz CT molecular complexity index is 329. The van der Waals surface area contributed by atoms with E-state index in [1.807, 2.05) is 12.3 Å². The molecular formula is C14H21NO2. The van der Waals surface area contributed by atoms with Crippen LogP contribution in [0.25, 0.3) is 0 Å². The first-order chi connectivity index (χ1) is 8.25. The third-order valence-electron chi connectivity index (χ3n) is 3.23. The van der Waals surface area contributed by atoms with E-state index in [9.17, 15) is 0 Å². The van der Waals surface area contributed by atoms with Gasteiger partial charge in [0.05, 0.1) is 6.61 Å². The predicted octanol–water partition coefficient (Wildman–Crippen LogP) is 3.01. The Labute approximate surface area is 103 Å². The van der Waals surface area contributed by atoms with E-state index in [-0.39, 0.29) is 0 Å². The maximum Gasteiger partial charge on any atom is 0.213 e. The van der Waals surface area contributed by atoms with Gasteiger partial charge in [-0.15, -0.1) is 0 Å². The van der Waals surface area contributed by atoms with E-state index in [1.54, 1.807) is 0 Å². The molecule has 1 fully saturated rings. The first-order valence-corrected chi connectivity index (χ1v) is 6.42. The molecule has 2 heterocycles. The summed E-state index contributed by atoms with van der Waals surface area (Å²) in [6.07, 6.45) is 4.11. The Morgan fingerprint density at radius 1 is 1.35 bits per heavy atom. The quantitative estimate of drug-likeness (QED) is 0.804. The van der Waals surface area contributed by atoms with Crippen LogP contribution in [0.2, 0.25) is 0 Å². The van der Waals surface area contributed by atoms with Crippen molar-refractivity contribution < 1.29 is 9.47 Å². The molecule has 1 aliphatic heterocycles. The summed E-state index contributed by atoms with van der Waals surface area (Å²) >= 11 is 0. The molecule has 0 radical (unpaired) electrons. The normalized spacial score (nSPS) is 17.4. The lowest BCUT2D eigenvalue weighted by Crippen LogP contribution is -2.21. The molecule has 1 saturated heterocycles. The van der Waals surface area contributed by atoms with E-state index in [1.165, 1.54) is 5.56 Å². The van der Waals surface area contributed by atoms with Crippen LogP contribution in [-0.4, -0.2) is 24.8 Å². The predicted molar refractivity (Wildman–Crippen MR) is 67.4 cm³/mol. The van der Waals surface area contributed by atoms with Gasteiger partial charge in [-0.25, -0.2) is 4.98 Å². The maximum absolute atomic E-state index is 5.71. The van der Waals surface area contributed by atoms with Crippen LogP contribution in [0, 0.1) is 5.92 Å². The van der Waals surface area contributed by atoms with E-state index in [2.05, 4.69) is 24.9 Å². The molecule has 0 spiro atoms. The smallest absolute Gasteiger partial charge is 0.213 e. The van der Waals surface area contributed by atoms with E-state index in [4.69, 9.17) is 9.47 Å². The summed E-state index contributed by atoms with van der Waals surface area (Å²) in [7, 11) is 0. The number of nitrogens with zero attached hydrogens (tertiary/aromatic N) is 1. The van der Waals surface area contributed by atoms with Crippen molar-refractivity contribution in [3.8, 4) is 5.88 Å². The fourth-order valence-electron chi connectivity index (χ4n) is 1.93. The number of hydrogen-bond donors (Lipinski definition) is 0. The summed E-state index contributed by atoms with van der Waals surface area (Å²) in [5.41, 5.74) is 1.25. The minimum absolute atomic E-state index is 0.520. The van der Waals surface area contributed by atoms with Crippen LogP contribution < -0.4 is 4.74 Å². The average molecular weight is 235 g/mol. The lowest BCUT2D eigenvalue weighted by Gasteiger charge is -2.21. The maximum atomic E-state index is 5.71. The molecule has 0 amide bonds. The highest BCUT2D eigenvalue weighted by atomic mass is 16.5. The molecule has 1 aromatic heterocycles. The summed E-state index contributed by atoms with van der Waals surface area (Å²) < 4.78 is 11.0. The summed E-state index contributed by atoms with van der Waals surface area (Å²) in [5, 5.41) is 0. The number of hydrogen-bond acceptors (Lipinski definition) is 3. The Morgan fingerprint density at radius 3 is 2.71 bits per heavy atom. The molecule has 3 nitrogen and oxygen atoms in total. The van der Waals surface area contributed by atoms with E-state index < -0.39 is 0 Å². The molecule has 17 heavy (non-hydrogen) atoms. The molecule has 0 atom stereocenters. The van der Waals surface area contributed by atoms with Crippen molar-refractivity contribution in [2.45, 2.75) is 32.6 Å². The number of aromatic nitrogens is 1. The van der Waals surface area contributed by atoms with E-state index in [0.29, 0.717) is 11.8 Å². The van der Waals surface area contributed by atoms with Crippen LogP contribution >= 0.6 is 0 Å². The van der Waals surface area contributed by atoms with Gasteiger partial charge in [0.2, 0.25) is 5.88 Å². The highest BCUT2D eigenvalue weighted by molar-refractivity contribution is 5.20. The highest BCUT2D eigenvalue weighted by Crippen LogP contribution is 2.18. The first-order valence-electron chi connectivity index (χ1n) is 6.42. The molecule has 0 aromatic carbocycles. The average Bonchev–Trinajstić information content (AvgIpc) is 2.38. The zero-order chi connectivity index (χ0) is 12.1. The fourth-order valence-corrected chi connectivity index (χ4v) is 1.93. The van der Waals surface area contributed by atoms with Crippen LogP contribution in [0.3, 0.4) is 0 Å². The second-order valence-corrected chi connectivity index (χ2v) is 4.95. The van der Waals surface area contributed by atoms with Crippen LogP contribution in [-0.2, 0) is 4.74 Å². The highest BCUT2D eigenvalue weighted by Gasteiger charge is 2.14. The lowest BCUT2D eigenvalue weighted by molar-refractivity contribution is 0.0490. The molecule has 0 N–H and O–H groups in total. The van der Waals surface area contributed by atoms with Gasteiger partial charge in [0.25, 0.3) is 0 Å². The van der Waals surface area contributed by atoms with Crippen molar-refractivity contribution >= 4 is 0 Å². The molecule has 3 heteroatoms. The number of ether oxygens (including phenoxy) is 2.